The summed E-state index contributed by atoms with van der Waals surface area (Å²) in [6.07, 6.45) is 6.65. The first-order valence-electron chi connectivity index (χ1n) is 10.1. The zero-order valence-electron chi connectivity index (χ0n) is 17.3. The summed E-state index contributed by atoms with van der Waals surface area (Å²) in [5.41, 5.74) is -0.427. The Morgan fingerprint density at radius 2 is 1.96 bits per heavy atom. The first-order valence-corrected chi connectivity index (χ1v) is 11.2. The molecule has 0 radical (unpaired) electrons. The highest BCUT2D eigenvalue weighted by Gasteiger charge is 2.30. The van der Waals surface area contributed by atoms with Crippen molar-refractivity contribution in [2.45, 2.75) is 104 Å². The summed E-state index contributed by atoms with van der Waals surface area (Å²) in [4.78, 5) is 14.6. The summed E-state index contributed by atoms with van der Waals surface area (Å²) in [6, 6.07) is 1.22. The SMILES string of the molecule is CCSCCC(C)NC(C)CC1CCCCCN1C(=O)OC(C)(C)C. The minimum absolute atomic E-state index is 0.140. The van der Waals surface area contributed by atoms with Crippen molar-refractivity contribution in [1.82, 2.24) is 10.2 Å². The number of hydrogen-bond acceptors (Lipinski definition) is 4. The van der Waals surface area contributed by atoms with Crippen molar-refractivity contribution in [1.29, 1.82) is 0 Å². The van der Waals surface area contributed by atoms with Crippen molar-refractivity contribution in [2.75, 3.05) is 18.1 Å². The molecule has 5 heteroatoms. The van der Waals surface area contributed by atoms with E-state index in [-0.39, 0.29) is 12.1 Å². The van der Waals surface area contributed by atoms with Gasteiger partial charge < -0.3 is 15.0 Å². The molecule has 0 saturated carbocycles. The van der Waals surface area contributed by atoms with Crippen LogP contribution in [0.2, 0.25) is 0 Å². The minimum atomic E-state index is -0.427. The van der Waals surface area contributed by atoms with Crippen LogP contribution in [0.3, 0.4) is 0 Å². The molecule has 0 aromatic rings. The highest BCUT2D eigenvalue weighted by Crippen LogP contribution is 2.23. The molecule has 1 fully saturated rings. The lowest BCUT2D eigenvalue weighted by molar-refractivity contribution is 0.0149. The second kappa shape index (κ2) is 11.3. The van der Waals surface area contributed by atoms with Gasteiger partial charge in [-0.05, 0) is 71.8 Å². The van der Waals surface area contributed by atoms with E-state index in [9.17, 15) is 4.79 Å². The molecule has 1 amide bonds. The van der Waals surface area contributed by atoms with Crippen LogP contribution < -0.4 is 5.32 Å². The Labute approximate surface area is 159 Å². The zero-order chi connectivity index (χ0) is 18.9. The second-order valence-electron chi connectivity index (χ2n) is 8.37. The Balaban J connectivity index is 2.56. The smallest absolute Gasteiger partial charge is 0.410 e. The van der Waals surface area contributed by atoms with Crippen LogP contribution in [0.15, 0.2) is 0 Å². The molecule has 1 heterocycles. The summed E-state index contributed by atoms with van der Waals surface area (Å²) in [5, 5.41) is 3.72. The van der Waals surface area contributed by atoms with E-state index in [2.05, 4.69) is 26.1 Å². The molecule has 0 bridgehead atoms. The van der Waals surface area contributed by atoms with Crippen molar-refractivity contribution < 1.29 is 9.53 Å². The largest absolute Gasteiger partial charge is 0.444 e. The van der Waals surface area contributed by atoms with Crippen LogP contribution in [0.1, 0.15) is 80.1 Å². The van der Waals surface area contributed by atoms with E-state index in [1.165, 1.54) is 30.8 Å². The molecule has 1 rings (SSSR count). The van der Waals surface area contributed by atoms with Crippen LogP contribution in [0.4, 0.5) is 4.79 Å². The lowest BCUT2D eigenvalue weighted by Crippen LogP contribution is -2.46. The van der Waals surface area contributed by atoms with Crippen molar-refractivity contribution in [3.63, 3.8) is 0 Å². The molecular weight excluding hydrogens is 332 g/mol. The Morgan fingerprint density at radius 3 is 2.60 bits per heavy atom. The number of thioether (sulfide) groups is 1. The van der Waals surface area contributed by atoms with E-state index in [0.29, 0.717) is 12.1 Å². The highest BCUT2D eigenvalue weighted by molar-refractivity contribution is 7.99. The van der Waals surface area contributed by atoms with Gasteiger partial charge >= 0.3 is 6.09 Å². The minimum Gasteiger partial charge on any atom is -0.444 e. The van der Waals surface area contributed by atoms with Gasteiger partial charge in [-0.3, -0.25) is 0 Å². The van der Waals surface area contributed by atoms with Gasteiger partial charge in [0.05, 0.1) is 0 Å². The number of carbonyl (C=O) groups is 1. The first kappa shape index (κ1) is 22.6. The van der Waals surface area contributed by atoms with E-state index in [0.717, 1.165) is 25.8 Å². The van der Waals surface area contributed by atoms with Crippen LogP contribution in [0, 0.1) is 0 Å². The summed E-state index contributed by atoms with van der Waals surface area (Å²) in [6.45, 7) is 13.4. The number of hydrogen-bond donors (Lipinski definition) is 1. The quantitative estimate of drug-likeness (QED) is 0.604. The van der Waals surface area contributed by atoms with Gasteiger partial charge in [0.15, 0.2) is 0 Å². The monoisotopic (exact) mass is 372 g/mol. The molecule has 0 spiro atoms. The maximum Gasteiger partial charge on any atom is 0.410 e. The average molecular weight is 373 g/mol. The number of nitrogens with one attached hydrogen (secondary N) is 1. The maximum absolute atomic E-state index is 12.6. The van der Waals surface area contributed by atoms with Crippen molar-refractivity contribution in [3.05, 3.63) is 0 Å². The third-order valence-corrected chi connectivity index (χ3v) is 5.53. The molecule has 1 aliphatic heterocycles. The summed E-state index contributed by atoms with van der Waals surface area (Å²) in [7, 11) is 0. The third kappa shape index (κ3) is 9.74. The van der Waals surface area contributed by atoms with Gasteiger partial charge in [0.25, 0.3) is 0 Å². The number of nitrogens with zero attached hydrogens (tertiary/aromatic N) is 1. The van der Waals surface area contributed by atoms with Crippen LogP contribution in [-0.4, -0.2) is 52.8 Å². The predicted octanol–water partition coefficient (Wildman–Crippen LogP) is 5.07. The molecule has 4 nitrogen and oxygen atoms in total. The van der Waals surface area contributed by atoms with E-state index in [1.54, 1.807) is 0 Å². The standard InChI is InChI=1S/C20H40N2O2S/c1-7-25-14-12-16(2)21-17(3)15-18-11-9-8-10-13-22(18)19(23)24-20(4,5)6/h16-18,21H,7-15H2,1-6H3. The molecular formula is C20H40N2O2S. The number of carbonyl (C=O) groups excluding carboxylic acids is 1. The van der Waals surface area contributed by atoms with Crippen molar-refractivity contribution in [3.8, 4) is 0 Å². The molecule has 1 aliphatic rings. The van der Waals surface area contributed by atoms with E-state index in [1.807, 2.05) is 37.4 Å². The van der Waals surface area contributed by atoms with Gasteiger partial charge in [0.2, 0.25) is 0 Å². The van der Waals surface area contributed by atoms with Crippen LogP contribution >= 0.6 is 11.8 Å². The molecule has 1 saturated heterocycles. The Morgan fingerprint density at radius 1 is 1.24 bits per heavy atom. The lowest BCUT2D eigenvalue weighted by atomic mass is 10.0. The van der Waals surface area contributed by atoms with E-state index >= 15 is 0 Å². The fraction of sp³-hybridized carbons (Fsp3) is 0.950. The lowest BCUT2D eigenvalue weighted by Gasteiger charge is -2.34. The molecule has 0 aromatic carbocycles. The van der Waals surface area contributed by atoms with E-state index < -0.39 is 5.60 Å². The number of likely N-dealkylation sites (tertiary alicyclic amines) is 1. The average Bonchev–Trinajstić information content (AvgIpc) is 2.71. The fourth-order valence-electron chi connectivity index (χ4n) is 3.43. The van der Waals surface area contributed by atoms with Gasteiger partial charge in [-0.15, -0.1) is 0 Å². The fourth-order valence-corrected chi connectivity index (χ4v) is 4.24. The topological polar surface area (TPSA) is 41.6 Å². The van der Waals surface area contributed by atoms with E-state index in [4.69, 9.17) is 4.74 Å². The van der Waals surface area contributed by atoms with Crippen molar-refractivity contribution in [2.24, 2.45) is 0 Å². The normalized spacial score (nSPS) is 21.5. The van der Waals surface area contributed by atoms with Gasteiger partial charge in [-0.1, -0.05) is 19.8 Å². The molecule has 0 aromatic heterocycles. The summed E-state index contributed by atoms with van der Waals surface area (Å²) in [5.74, 6) is 2.40. The Kier molecular flexibility index (Phi) is 10.2. The number of rotatable bonds is 8. The van der Waals surface area contributed by atoms with Crippen LogP contribution in [0.5, 0.6) is 0 Å². The molecule has 3 atom stereocenters. The van der Waals surface area contributed by atoms with Gasteiger partial charge in [0.1, 0.15) is 5.60 Å². The highest BCUT2D eigenvalue weighted by atomic mass is 32.2. The molecule has 3 unspecified atom stereocenters. The molecule has 1 N–H and O–H groups in total. The van der Waals surface area contributed by atoms with Crippen LogP contribution in [0.25, 0.3) is 0 Å². The first-order chi connectivity index (χ1) is 11.7. The third-order valence-electron chi connectivity index (χ3n) is 4.60. The second-order valence-corrected chi connectivity index (χ2v) is 9.76. The summed E-state index contributed by atoms with van der Waals surface area (Å²) < 4.78 is 5.65. The van der Waals surface area contributed by atoms with Crippen molar-refractivity contribution >= 4 is 17.9 Å². The van der Waals surface area contributed by atoms with Gasteiger partial charge in [-0.25, -0.2) is 4.79 Å². The number of amides is 1. The van der Waals surface area contributed by atoms with Crippen LogP contribution in [-0.2, 0) is 4.74 Å². The summed E-state index contributed by atoms with van der Waals surface area (Å²) >= 11 is 2.00. The zero-order valence-corrected chi connectivity index (χ0v) is 18.1. The molecule has 148 valence electrons. The number of ether oxygens (including phenoxy) is 1. The van der Waals surface area contributed by atoms with Gasteiger partial charge in [0, 0.05) is 24.7 Å². The Bertz CT molecular complexity index is 384. The predicted molar refractivity (Wildman–Crippen MR) is 109 cm³/mol. The van der Waals surface area contributed by atoms with Gasteiger partial charge in [-0.2, -0.15) is 11.8 Å². The maximum atomic E-state index is 12.6. The Hall–Kier alpha value is -0.420. The molecule has 25 heavy (non-hydrogen) atoms. The molecule has 0 aliphatic carbocycles.